The summed E-state index contributed by atoms with van der Waals surface area (Å²) >= 11 is 9.59. The third-order valence-corrected chi connectivity index (χ3v) is 3.78. The van der Waals surface area contributed by atoms with Gasteiger partial charge in [-0.15, -0.1) is 0 Å². The lowest BCUT2D eigenvalue weighted by atomic mass is 10.1. The van der Waals surface area contributed by atoms with Crippen LogP contribution in [0.3, 0.4) is 0 Å². The van der Waals surface area contributed by atoms with Gasteiger partial charge in [-0.3, -0.25) is 0 Å². The fraction of sp³-hybridized carbons (Fsp3) is 0.200. The second-order valence-electron chi connectivity index (χ2n) is 4.27. The van der Waals surface area contributed by atoms with Gasteiger partial charge in [0.05, 0.1) is 11.1 Å². The van der Waals surface area contributed by atoms with Crippen LogP contribution in [0.25, 0.3) is 0 Å². The maximum atomic E-state index is 9.30. The van der Waals surface area contributed by atoms with E-state index in [1.165, 1.54) is 0 Å². The molecule has 0 aliphatic rings. The largest absolute Gasteiger partial charge is 0.487 e. The van der Waals surface area contributed by atoms with Crippen molar-refractivity contribution in [3.05, 3.63) is 62.6 Å². The average Bonchev–Trinajstić information content (AvgIpc) is 2.39. The number of aliphatic hydroxyl groups excluding tert-OH is 1. The average molecular weight is 342 g/mol. The summed E-state index contributed by atoms with van der Waals surface area (Å²) in [6, 6.07) is 11.4. The molecule has 0 amide bonds. The molecule has 0 radical (unpaired) electrons. The van der Waals surface area contributed by atoms with E-state index in [-0.39, 0.29) is 6.61 Å². The fourth-order valence-electron chi connectivity index (χ4n) is 1.76. The molecule has 0 aliphatic heterocycles. The first-order valence-electron chi connectivity index (χ1n) is 5.88. The Kier molecular flexibility index (Phi) is 4.86. The molecule has 0 atom stereocenters. The third kappa shape index (κ3) is 3.50. The van der Waals surface area contributed by atoms with Crippen molar-refractivity contribution in [1.29, 1.82) is 0 Å². The Morgan fingerprint density at radius 2 is 2.00 bits per heavy atom. The van der Waals surface area contributed by atoms with Gasteiger partial charge >= 0.3 is 0 Å². The number of aryl methyl sites for hydroxylation is 1. The SMILES string of the molecule is Cc1ccc(COc2c(Br)cccc2CO)c(Cl)c1. The maximum absolute atomic E-state index is 9.30. The van der Waals surface area contributed by atoms with Crippen molar-refractivity contribution in [2.75, 3.05) is 0 Å². The number of ether oxygens (including phenoxy) is 1. The monoisotopic (exact) mass is 340 g/mol. The number of rotatable bonds is 4. The second kappa shape index (κ2) is 6.42. The molecule has 2 nitrogen and oxygen atoms in total. The molecule has 1 N–H and O–H groups in total. The summed E-state index contributed by atoms with van der Waals surface area (Å²) in [4.78, 5) is 0. The number of halogens is 2. The molecule has 0 aromatic heterocycles. The van der Waals surface area contributed by atoms with E-state index in [4.69, 9.17) is 16.3 Å². The lowest BCUT2D eigenvalue weighted by molar-refractivity contribution is 0.258. The van der Waals surface area contributed by atoms with Crippen molar-refractivity contribution in [1.82, 2.24) is 0 Å². The molecule has 0 unspecified atom stereocenters. The van der Waals surface area contributed by atoms with Crippen LogP contribution in [-0.4, -0.2) is 5.11 Å². The highest BCUT2D eigenvalue weighted by atomic mass is 79.9. The topological polar surface area (TPSA) is 29.5 Å². The Balaban J connectivity index is 2.19. The summed E-state index contributed by atoms with van der Waals surface area (Å²) in [6.45, 7) is 2.30. The Morgan fingerprint density at radius 3 is 2.68 bits per heavy atom. The minimum atomic E-state index is -0.0591. The van der Waals surface area contributed by atoms with Gasteiger partial charge in [0.1, 0.15) is 12.4 Å². The van der Waals surface area contributed by atoms with Crippen LogP contribution in [0.4, 0.5) is 0 Å². The highest BCUT2D eigenvalue weighted by molar-refractivity contribution is 9.10. The molecule has 0 aliphatic carbocycles. The minimum Gasteiger partial charge on any atom is -0.487 e. The van der Waals surface area contributed by atoms with E-state index in [2.05, 4.69) is 15.9 Å². The summed E-state index contributed by atoms with van der Waals surface area (Å²) in [6.07, 6.45) is 0. The predicted molar refractivity (Wildman–Crippen MR) is 80.6 cm³/mol. The molecule has 100 valence electrons. The van der Waals surface area contributed by atoms with Crippen molar-refractivity contribution < 1.29 is 9.84 Å². The van der Waals surface area contributed by atoms with E-state index in [0.29, 0.717) is 17.4 Å². The molecule has 4 heteroatoms. The van der Waals surface area contributed by atoms with Gasteiger partial charge in [-0.25, -0.2) is 0 Å². The normalized spacial score (nSPS) is 10.5. The molecule has 2 aromatic rings. The molecule has 0 spiro atoms. The number of hydrogen-bond donors (Lipinski definition) is 1. The van der Waals surface area contributed by atoms with E-state index < -0.39 is 0 Å². The van der Waals surface area contributed by atoms with Crippen LogP contribution in [0, 0.1) is 6.92 Å². The zero-order chi connectivity index (χ0) is 13.8. The van der Waals surface area contributed by atoms with E-state index in [9.17, 15) is 5.11 Å². The molecular weight excluding hydrogens is 328 g/mol. The van der Waals surface area contributed by atoms with Gasteiger partial charge in [0, 0.05) is 16.1 Å². The Morgan fingerprint density at radius 1 is 1.21 bits per heavy atom. The van der Waals surface area contributed by atoms with Crippen molar-refractivity contribution in [2.24, 2.45) is 0 Å². The molecule has 2 aromatic carbocycles. The predicted octanol–water partition coefficient (Wildman–Crippen LogP) is 4.48. The van der Waals surface area contributed by atoms with Crippen LogP contribution >= 0.6 is 27.5 Å². The zero-order valence-corrected chi connectivity index (χ0v) is 12.8. The van der Waals surface area contributed by atoms with Crippen LogP contribution in [-0.2, 0) is 13.2 Å². The third-order valence-electron chi connectivity index (χ3n) is 2.80. The van der Waals surface area contributed by atoms with Crippen LogP contribution < -0.4 is 4.74 Å². The van der Waals surface area contributed by atoms with Crippen LogP contribution in [0.5, 0.6) is 5.75 Å². The van der Waals surface area contributed by atoms with Crippen molar-refractivity contribution in [3.8, 4) is 5.75 Å². The fourth-order valence-corrected chi connectivity index (χ4v) is 2.57. The molecular formula is C15H14BrClO2. The smallest absolute Gasteiger partial charge is 0.139 e. The van der Waals surface area contributed by atoms with E-state index in [1.807, 2.05) is 43.3 Å². The van der Waals surface area contributed by atoms with Crippen LogP contribution in [0.1, 0.15) is 16.7 Å². The summed E-state index contributed by atoms with van der Waals surface area (Å²) in [5.41, 5.74) is 2.79. The Bertz CT molecular complexity index is 584. The van der Waals surface area contributed by atoms with E-state index in [0.717, 1.165) is 21.2 Å². The number of benzene rings is 2. The quantitative estimate of drug-likeness (QED) is 0.888. The highest BCUT2D eigenvalue weighted by Crippen LogP contribution is 2.30. The van der Waals surface area contributed by atoms with Gasteiger partial charge in [0.15, 0.2) is 0 Å². The minimum absolute atomic E-state index is 0.0591. The van der Waals surface area contributed by atoms with Crippen molar-refractivity contribution in [3.63, 3.8) is 0 Å². The Labute approximate surface area is 126 Å². The van der Waals surface area contributed by atoms with Crippen molar-refractivity contribution >= 4 is 27.5 Å². The van der Waals surface area contributed by atoms with E-state index >= 15 is 0 Å². The highest BCUT2D eigenvalue weighted by Gasteiger charge is 2.09. The molecule has 0 fully saturated rings. The van der Waals surface area contributed by atoms with Gasteiger partial charge in [0.25, 0.3) is 0 Å². The molecule has 0 saturated heterocycles. The molecule has 0 saturated carbocycles. The number of hydrogen-bond acceptors (Lipinski definition) is 2. The summed E-state index contributed by atoms with van der Waals surface area (Å²) in [5, 5.41) is 10.00. The van der Waals surface area contributed by atoms with E-state index in [1.54, 1.807) is 0 Å². The van der Waals surface area contributed by atoms with Crippen LogP contribution in [0.2, 0.25) is 5.02 Å². The summed E-state index contributed by atoms with van der Waals surface area (Å²) < 4.78 is 6.60. The standard InChI is InChI=1S/C15H14BrClO2/c1-10-5-6-12(14(17)7-10)9-19-15-11(8-18)3-2-4-13(15)16/h2-7,18H,8-9H2,1H3. The molecule has 19 heavy (non-hydrogen) atoms. The first-order chi connectivity index (χ1) is 9.11. The first-order valence-corrected chi connectivity index (χ1v) is 7.05. The van der Waals surface area contributed by atoms with Gasteiger partial charge in [0.2, 0.25) is 0 Å². The molecule has 0 heterocycles. The first kappa shape index (κ1) is 14.4. The second-order valence-corrected chi connectivity index (χ2v) is 5.53. The van der Waals surface area contributed by atoms with Gasteiger partial charge in [-0.05, 0) is 40.5 Å². The van der Waals surface area contributed by atoms with Crippen molar-refractivity contribution in [2.45, 2.75) is 20.1 Å². The Hall–Kier alpha value is -1.03. The van der Waals surface area contributed by atoms with Gasteiger partial charge < -0.3 is 9.84 Å². The lowest BCUT2D eigenvalue weighted by Gasteiger charge is -2.13. The van der Waals surface area contributed by atoms with Gasteiger partial charge in [-0.2, -0.15) is 0 Å². The zero-order valence-electron chi connectivity index (χ0n) is 10.5. The van der Waals surface area contributed by atoms with Crippen LogP contribution in [0.15, 0.2) is 40.9 Å². The lowest BCUT2D eigenvalue weighted by Crippen LogP contribution is -2.00. The summed E-state index contributed by atoms with van der Waals surface area (Å²) in [7, 11) is 0. The summed E-state index contributed by atoms with van der Waals surface area (Å²) in [5.74, 6) is 0.654. The van der Waals surface area contributed by atoms with Gasteiger partial charge in [-0.1, -0.05) is 35.9 Å². The maximum Gasteiger partial charge on any atom is 0.139 e. The number of para-hydroxylation sites is 1. The number of aliphatic hydroxyl groups is 1. The molecule has 2 rings (SSSR count). The molecule has 0 bridgehead atoms.